The molecule has 0 aliphatic rings. The molecule has 1 aromatic carbocycles. The summed E-state index contributed by atoms with van der Waals surface area (Å²) in [5, 5.41) is 10.6. The SMILES string of the molecule is CC(Oc1ccc(Br)c2cnccc12)C(=O)O. The van der Waals surface area contributed by atoms with Crippen LogP contribution >= 0.6 is 15.9 Å². The van der Waals surface area contributed by atoms with Crippen LogP contribution in [0, 0.1) is 0 Å². The maximum Gasteiger partial charge on any atom is 0.344 e. The lowest BCUT2D eigenvalue weighted by Gasteiger charge is -2.13. The summed E-state index contributed by atoms with van der Waals surface area (Å²) in [5.41, 5.74) is 0. The number of hydrogen-bond acceptors (Lipinski definition) is 3. The van der Waals surface area contributed by atoms with Crippen LogP contribution in [0.4, 0.5) is 0 Å². The minimum absolute atomic E-state index is 0.542. The van der Waals surface area contributed by atoms with Gasteiger partial charge >= 0.3 is 5.97 Å². The maximum absolute atomic E-state index is 10.8. The molecule has 0 spiro atoms. The second-order valence-corrected chi connectivity index (χ2v) is 4.42. The van der Waals surface area contributed by atoms with Crippen molar-refractivity contribution < 1.29 is 14.6 Å². The van der Waals surface area contributed by atoms with Crippen LogP contribution in [0.5, 0.6) is 5.75 Å². The zero-order chi connectivity index (χ0) is 12.4. The van der Waals surface area contributed by atoms with Gasteiger partial charge in [-0.25, -0.2) is 4.79 Å². The maximum atomic E-state index is 10.8. The van der Waals surface area contributed by atoms with Gasteiger partial charge in [0.05, 0.1) is 0 Å². The normalized spacial score (nSPS) is 12.4. The Morgan fingerprint density at radius 3 is 2.88 bits per heavy atom. The first kappa shape index (κ1) is 11.9. The lowest BCUT2D eigenvalue weighted by molar-refractivity contribution is -0.144. The quantitative estimate of drug-likeness (QED) is 0.946. The number of nitrogens with zero attached hydrogens (tertiary/aromatic N) is 1. The van der Waals surface area contributed by atoms with Gasteiger partial charge in [0.15, 0.2) is 6.10 Å². The highest BCUT2D eigenvalue weighted by Crippen LogP contribution is 2.31. The summed E-state index contributed by atoms with van der Waals surface area (Å²) in [6.07, 6.45) is 2.47. The number of fused-ring (bicyclic) bond motifs is 1. The average Bonchev–Trinajstić information content (AvgIpc) is 2.33. The molecule has 4 nitrogen and oxygen atoms in total. The second-order valence-electron chi connectivity index (χ2n) is 3.57. The third-order valence-corrected chi connectivity index (χ3v) is 3.07. The molecular formula is C12H10BrNO3. The smallest absolute Gasteiger partial charge is 0.344 e. The van der Waals surface area contributed by atoms with Gasteiger partial charge in [-0.15, -0.1) is 0 Å². The minimum atomic E-state index is -0.991. The van der Waals surface area contributed by atoms with E-state index < -0.39 is 12.1 Å². The van der Waals surface area contributed by atoms with Crippen molar-refractivity contribution in [2.75, 3.05) is 0 Å². The monoisotopic (exact) mass is 295 g/mol. The van der Waals surface area contributed by atoms with Gasteiger partial charge in [-0.2, -0.15) is 0 Å². The molecule has 1 aromatic heterocycles. The van der Waals surface area contributed by atoms with Crippen LogP contribution in [0.25, 0.3) is 10.8 Å². The number of aliphatic carboxylic acids is 1. The number of hydrogen-bond donors (Lipinski definition) is 1. The Morgan fingerprint density at radius 1 is 1.41 bits per heavy atom. The average molecular weight is 296 g/mol. The summed E-state index contributed by atoms with van der Waals surface area (Å²) in [7, 11) is 0. The highest BCUT2D eigenvalue weighted by atomic mass is 79.9. The molecule has 2 rings (SSSR count). The fraction of sp³-hybridized carbons (Fsp3) is 0.167. The Balaban J connectivity index is 2.48. The Kier molecular flexibility index (Phi) is 3.28. The van der Waals surface area contributed by atoms with E-state index in [1.54, 1.807) is 24.5 Å². The third kappa shape index (κ3) is 2.39. The lowest BCUT2D eigenvalue weighted by Crippen LogP contribution is -2.22. The van der Waals surface area contributed by atoms with Crippen molar-refractivity contribution in [1.82, 2.24) is 4.98 Å². The van der Waals surface area contributed by atoms with Gasteiger partial charge in [0.25, 0.3) is 0 Å². The minimum Gasteiger partial charge on any atom is -0.479 e. The van der Waals surface area contributed by atoms with Crippen molar-refractivity contribution in [1.29, 1.82) is 0 Å². The molecule has 5 heteroatoms. The van der Waals surface area contributed by atoms with Crippen molar-refractivity contribution >= 4 is 32.7 Å². The van der Waals surface area contributed by atoms with Crippen molar-refractivity contribution in [2.45, 2.75) is 13.0 Å². The van der Waals surface area contributed by atoms with Crippen molar-refractivity contribution in [3.05, 3.63) is 35.1 Å². The van der Waals surface area contributed by atoms with E-state index in [0.717, 1.165) is 15.2 Å². The molecule has 0 aliphatic carbocycles. The van der Waals surface area contributed by atoms with Crippen LogP contribution in [0.3, 0.4) is 0 Å². The summed E-state index contributed by atoms with van der Waals surface area (Å²) in [6.45, 7) is 1.50. The predicted octanol–water partition coefficient (Wildman–Crippen LogP) is 2.85. The molecule has 0 radical (unpaired) electrons. The van der Waals surface area contributed by atoms with E-state index in [4.69, 9.17) is 9.84 Å². The largest absolute Gasteiger partial charge is 0.479 e. The van der Waals surface area contributed by atoms with E-state index in [2.05, 4.69) is 20.9 Å². The number of rotatable bonds is 3. The van der Waals surface area contributed by atoms with Crippen molar-refractivity contribution in [3.63, 3.8) is 0 Å². The summed E-state index contributed by atoms with van der Waals surface area (Å²) in [5.74, 6) is -0.448. The molecule has 0 saturated heterocycles. The Bertz CT molecular complexity index is 571. The number of carboxylic acids is 1. The summed E-state index contributed by atoms with van der Waals surface area (Å²) in [4.78, 5) is 14.8. The highest BCUT2D eigenvalue weighted by molar-refractivity contribution is 9.10. The number of halogens is 1. The van der Waals surface area contributed by atoms with Crippen LogP contribution in [0.15, 0.2) is 35.1 Å². The number of carboxylic acid groups (broad SMARTS) is 1. The standard InChI is InChI=1S/C12H10BrNO3/c1-7(12(15)16)17-11-3-2-10(13)9-6-14-5-4-8(9)11/h2-7H,1H3,(H,15,16). The Labute approximate surface area is 106 Å². The fourth-order valence-corrected chi connectivity index (χ4v) is 1.92. The molecule has 1 heterocycles. The first-order valence-electron chi connectivity index (χ1n) is 5.01. The van der Waals surface area contributed by atoms with Crippen LogP contribution in [-0.2, 0) is 4.79 Å². The summed E-state index contributed by atoms with van der Waals surface area (Å²) in [6, 6.07) is 5.35. The molecule has 0 amide bonds. The first-order valence-corrected chi connectivity index (χ1v) is 5.80. The molecular weight excluding hydrogens is 286 g/mol. The molecule has 0 bridgehead atoms. The number of ether oxygens (including phenoxy) is 1. The Morgan fingerprint density at radius 2 is 2.18 bits per heavy atom. The molecule has 1 N–H and O–H groups in total. The van der Waals surface area contributed by atoms with E-state index in [1.807, 2.05) is 6.07 Å². The van der Waals surface area contributed by atoms with Crippen LogP contribution in [-0.4, -0.2) is 22.2 Å². The second kappa shape index (κ2) is 4.71. The van der Waals surface area contributed by atoms with Gasteiger partial charge in [0.2, 0.25) is 0 Å². The first-order chi connectivity index (χ1) is 8.09. The topological polar surface area (TPSA) is 59.4 Å². The number of pyridine rings is 1. The van der Waals surface area contributed by atoms with Gasteiger partial charge in [-0.05, 0) is 25.1 Å². The number of benzene rings is 1. The molecule has 2 aromatic rings. The zero-order valence-corrected chi connectivity index (χ0v) is 10.6. The number of aromatic nitrogens is 1. The van der Waals surface area contributed by atoms with Crippen LogP contribution in [0.1, 0.15) is 6.92 Å². The van der Waals surface area contributed by atoms with Gasteiger partial charge in [-0.1, -0.05) is 15.9 Å². The Hall–Kier alpha value is -1.62. The van der Waals surface area contributed by atoms with Gasteiger partial charge < -0.3 is 9.84 Å². The third-order valence-electron chi connectivity index (χ3n) is 2.38. The molecule has 1 unspecified atom stereocenters. The van der Waals surface area contributed by atoms with E-state index in [-0.39, 0.29) is 0 Å². The molecule has 17 heavy (non-hydrogen) atoms. The summed E-state index contributed by atoms with van der Waals surface area (Å²) >= 11 is 3.41. The molecule has 88 valence electrons. The number of carbonyl (C=O) groups is 1. The van der Waals surface area contributed by atoms with Crippen molar-refractivity contribution in [2.24, 2.45) is 0 Å². The van der Waals surface area contributed by atoms with Gasteiger partial charge in [0, 0.05) is 27.6 Å². The lowest BCUT2D eigenvalue weighted by atomic mass is 10.1. The van der Waals surface area contributed by atoms with Crippen molar-refractivity contribution in [3.8, 4) is 5.75 Å². The highest BCUT2D eigenvalue weighted by Gasteiger charge is 2.14. The van der Waals surface area contributed by atoms with E-state index in [1.165, 1.54) is 6.92 Å². The van der Waals surface area contributed by atoms with Gasteiger partial charge in [0.1, 0.15) is 5.75 Å². The zero-order valence-electron chi connectivity index (χ0n) is 9.05. The molecule has 0 aliphatic heterocycles. The molecule has 0 saturated carbocycles. The van der Waals surface area contributed by atoms with Crippen LogP contribution < -0.4 is 4.74 Å². The summed E-state index contributed by atoms with van der Waals surface area (Å²) < 4.78 is 6.29. The van der Waals surface area contributed by atoms with E-state index in [9.17, 15) is 4.79 Å². The predicted molar refractivity (Wildman–Crippen MR) is 67.2 cm³/mol. The molecule has 1 atom stereocenters. The van der Waals surface area contributed by atoms with E-state index >= 15 is 0 Å². The molecule has 0 fully saturated rings. The van der Waals surface area contributed by atoms with Gasteiger partial charge in [-0.3, -0.25) is 4.98 Å². The van der Waals surface area contributed by atoms with E-state index in [0.29, 0.717) is 5.75 Å². The fourth-order valence-electron chi connectivity index (χ4n) is 1.47. The van der Waals surface area contributed by atoms with Crippen LogP contribution in [0.2, 0.25) is 0 Å².